The van der Waals surface area contributed by atoms with Crippen LogP contribution in [0.25, 0.3) is 0 Å². The number of carbonyl (C=O) groups excluding carboxylic acids is 2. The molecule has 1 aromatic rings. The lowest BCUT2D eigenvalue weighted by Crippen LogP contribution is -2.09. The number of carbonyl (C=O) groups is 2. The summed E-state index contributed by atoms with van der Waals surface area (Å²) in [6.45, 7) is 0. The number of rotatable bonds is 3. The Balaban J connectivity index is 2.35. The van der Waals surface area contributed by atoms with E-state index in [2.05, 4.69) is 4.74 Å². The Kier molecular flexibility index (Phi) is 2.31. The van der Waals surface area contributed by atoms with Crippen molar-refractivity contribution in [1.29, 1.82) is 0 Å². The SMILES string of the molecule is COC(=O)c1cccc(C2(C=O)CC2)c1. The van der Waals surface area contributed by atoms with Gasteiger partial charge in [-0.15, -0.1) is 0 Å². The van der Waals surface area contributed by atoms with Gasteiger partial charge in [-0.1, -0.05) is 12.1 Å². The molecule has 0 bridgehead atoms. The van der Waals surface area contributed by atoms with Crippen molar-refractivity contribution in [2.24, 2.45) is 0 Å². The molecule has 3 heteroatoms. The number of aldehydes is 1. The second-order valence-electron chi connectivity index (χ2n) is 3.85. The zero-order valence-corrected chi connectivity index (χ0v) is 8.53. The van der Waals surface area contributed by atoms with E-state index in [-0.39, 0.29) is 11.4 Å². The quantitative estimate of drug-likeness (QED) is 0.556. The highest BCUT2D eigenvalue weighted by Gasteiger charge is 2.44. The van der Waals surface area contributed by atoms with Gasteiger partial charge in [0.05, 0.1) is 18.1 Å². The lowest BCUT2D eigenvalue weighted by atomic mass is 9.96. The third-order valence-electron chi connectivity index (χ3n) is 2.87. The van der Waals surface area contributed by atoms with Crippen LogP contribution in [0.15, 0.2) is 24.3 Å². The van der Waals surface area contributed by atoms with Crippen molar-refractivity contribution in [2.45, 2.75) is 18.3 Å². The highest BCUT2D eigenvalue weighted by atomic mass is 16.5. The molecule has 0 atom stereocenters. The lowest BCUT2D eigenvalue weighted by Gasteiger charge is -2.08. The molecule has 0 spiro atoms. The van der Waals surface area contributed by atoms with E-state index < -0.39 is 0 Å². The normalized spacial score (nSPS) is 16.9. The summed E-state index contributed by atoms with van der Waals surface area (Å²) in [5.41, 5.74) is 1.09. The predicted octanol–water partition coefficient (Wildman–Crippen LogP) is 1.70. The maximum atomic E-state index is 11.3. The molecular weight excluding hydrogens is 192 g/mol. The van der Waals surface area contributed by atoms with E-state index in [1.807, 2.05) is 6.07 Å². The molecule has 1 aromatic carbocycles. The fourth-order valence-electron chi connectivity index (χ4n) is 1.68. The Morgan fingerprint density at radius 2 is 2.20 bits per heavy atom. The minimum Gasteiger partial charge on any atom is -0.465 e. The van der Waals surface area contributed by atoms with Crippen LogP contribution < -0.4 is 0 Å². The van der Waals surface area contributed by atoms with E-state index in [0.717, 1.165) is 24.7 Å². The molecule has 2 rings (SSSR count). The van der Waals surface area contributed by atoms with Gasteiger partial charge < -0.3 is 9.53 Å². The summed E-state index contributed by atoms with van der Waals surface area (Å²) < 4.78 is 4.63. The van der Waals surface area contributed by atoms with Gasteiger partial charge >= 0.3 is 5.97 Å². The van der Waals surface area contributed by atoms with Crippen LogP contribution in [0.3, 0.4) is 0 Å². The summed E-state index contributed by atoms with van der Waals surface area (Å²) in [6, 6.07) is 7.10. The molecule has 0 heterocycles. The maximum absolute atomic E-state index is 11.3. The smallest absolute Gasteiger partial charge is 0.337 e. The zero-order valence-electron chi connectivity index (χ0n) is 8.53. The van der Waals surface area contributed by atoms with Crippen molar-refractivity contribution in [3.63, 3.8) is 0 Å². The van der Waals surface area contributed by atoms with Crippen molar-refractivity contribution >= 4 is 12.3 Å². The van der Waals surface area contributed by atoms with Crippen LogP contribution in [0.1, 0.15) is 28.8 Å². The molecule has 0 radical (unpaired) electrons. The molecule has 15 heavy (non-hydrogen) atoms. The molecule has 1 aliphatic rings. The first kappa shape index (κ1) is 9.90. The second kappa shape index (κ2) is 3.50. The van der Waals surface area contributed by atoms with Crippen molar-refractivity contribution in [1.82, 2.24) is 0 Å². The summed E-state index contributed by atoms with van der Waals surface area (Å²) in [6.07, 6.45) is 2.73. The topological polar surface area (TPSA) is 43.4 Å². The molecule has 1 fully saturated rings. The lowest BCUT2D eigenvalue weighted by molar-refractivity contribution is -0.109. The van der Waals surface area contributed by atoms with E-state index >= 15 is 0 Å². The van der Waals surface area contributed by atoms with Crippen LogP contribution in [0.5, 0.6) is 0 Å². The van der Waals surface area contributed by atoms with Crippen molar-refractivity contribution in [2.75, 3.05) is 7.11 Å². The molecule has 0 amide bonds. The Labute approximate surface area is 88.1 Å². The molecule has 1 saturated carbocycles. The predicted molar refractivity (Wildman–Crippen MR) is 54.8 cm³/mol. The molecule has 0 aromatic heterocycles. The standard InChI is InChI=1S/C12H12O3/c1-15-11(14)9-3-2-4-10(7-9)12(8-13)5-6-12/h2-4,7-8H,5-6H2,1H3. The summed E-state index contributed by atoms with van der Waals surface area (Å²) >= 11 is 0. The van der Waals surface area contributed by atoms with E-state index in [1.54, 1.807) is 18.2 Å². The Bertz CT molecular complexity index is 405. The molecule has 0 N–H and O–H groups in total. The summed E-state index contributed by atoms with van der Waals surface area (Å²) in [5, 5.41) is 0. The Morgan fingerprint density at radius 3 is 2.73 bits per heavy atom. The Hall–Kier alpha value is -1.64. The minimum absolute atomic E-state index is 0.329. The van der Waals surface area contributed by atoms with Crippen LogP contribution >= 0.6 is 0 Å². The molecule has 78 valence electrons. The van der Waals surface area contributed by atoms with E-state index in [9.17, 15) is 9.59 Å². The van der Waals surface area contributed by atoms with Crippen molar-refractivity contribution in [3.05, 3.63) is 35.4 Å². The van der Waals surface area contributed by atoms with Crippen LogP contribution in [0.2, 0.25) is 0 Å². The third kappa shape index (κ3) is 1.65. The van der Waals surface area contributed by atoms with Gasteiger partial charge in [0.1, 0.15) is 6.29 Å². The number of esters is 1. The molecule has 0 unspecified atom stereocenters. The molecule has 0 aliphatic heterocycles. The van der Waals surface area contributed by atoms with Crippen LogP contribution in [0.4, 0.5) is 0 Å². The highest BCUT2D eigenvalue weighted by Crippen LogP contribution is 2.46. The number of hydrogen-bond acceptors (Lipinski definition) is 3. The van der Waals surface area contributed by atoms with E-state index in [1.165, 1.54) is 7.11 Å². The number of hydrogen-bond donors (Lipinski definition) is 0. The number of benzene rings is 1. The van der Waals surface area contributed by atoms with Gasteiger partial charge in [-0.3, -0.25) is 0 Å². The first-order valence-electron chi connectivity index (χ1n) is 4.87. The van der Waals surface area contributed by atoms with Crippen LogP contribution in [-0.2, 0) is 14.9 Å². The van der Waals surface area contributed by atoms with Crippen molar-refractivity contribution < 1.29 is 14.3 Å². The Morgan fingerprint density at radius 1 is 1.47 bits per heavy atom. The van der Waals surface area contributed by atoms with E-state index in [0.29, 0.717) is 5.56 Å². The zero-order chi connectivity index (χ0) is 10.9. The monoisotopic (exact) mass is 204 g/mol. The summed E-state index contributed by atoms with van der Waals surface area (Å²) in [7, 11) is 1.35. The van der Waals surface area contributed by atoms with Gasteiger partial charge in [0.25, 0.3) is 0 Å². The van der Waals surface area contributed by atoms with Gasteiger partial charge in [-0.2, -0.15) is 0 Å². The average Bonchev–Trinajstić information content (AvgIpc) is 3.09. The van der Waals surface area contributed by atoms with E-state index in [4.69, 9.17) is 0 Å². The van der Waals surface area contributed by atoms with Gasteiger partial charge in [-0.25, -0.2) is 4.79 Å². The fraction of sp³-hybridized carbons (Fsp3) is 0.333. The van der Waals surface area contributed by atoms with Crippen LogP contribution in [-0.4, -0.2) is 19.4 Å². The van der Waals surface area contributed by atoms with Gasteiger partial charge in [0.15, 0.2) is 0 Å². The largest absolute Gasteiger partial charge is 0.465 e. The van der Waals surface area contributed by atoms with Gasteiger partial charge in [0.2, 0.25) is 0 Å². The second-order valence-corrected chi connectivity index (χ2v) is 3.85. The minimum atomic E-state index is -0.362. The van der Waals surface area contributed by atoms with Crippen LogP contribution in [0, 0.1) is 0 Å². The van der Waals surface area contributed by atoms with Crippen molar-refractivity contribution in [3.8, 4) is 0 Å². The first-order chi connectivity index (χ1) is 7.22. The van der Waals surface area contributed by atoms with Gasteiger partial charge in [-0.05, 0) is 30.5 Å². The molecule has 3 nitrogen and oxygen atoms in total. The highest BCUT2D eigenvalue weighted by molar-refractivity contribution is 5.90. The van der Waals surface area contributed by atoms with Gasteiger partial charge in [0, 0.05) is 0 Å². The molecule has 0 saturated heterocycles. The molecule has 1 aliphatic carbocycles. The average molecular weight is 204 g/mol. The fourth-order valence-corrected chi connectivity index (χ4v) is 1.68. The summed E-state index contributed by atoms with van der Waals surface area (Å²) in [5.74, 6) is -0.362. The third-order valence-corrected chi connectivity index (χ3v) is 2.87. The molecular formula is C12H12O3. The first-order valence-corrected chi connectivity index (χ1v) is 4.87. The maximum Gasteiger partial charge on any atom is 0.337 e. The number of methoxy groups -OCH3 is 1. The summed E-state index contributed by atoms with van der Waals surface area (Å²) in [4.78, 5) is 22.2. The number of ether oxygens (including phenoxy) is 1.